The molecule has 7 amide bonds. The lowest BCUT2D eigenvalue weighted by Crippen LogP contribution is -2.60. The van der Waals surface area contributed by atoms with E-state index in [1.807, 2.05) is 0 Å². The number of H-pyrrole nitrogens is 1. The number of carbonyl (C=O) groups excluding carboxylic acids is 7. The first-order valence-electron chi connectivity index (χ1n) is 13.4. The van der Waals surface area contributed by atoms with Crippen molar-refractivity contribution < 1.29 is 43.8 Å². The molecule has 0 aromatic carbocycles. The zero-order valence-corrected chi connectivity index (χ0v) is 24.6. The Morgan fingerprint density at radius 3 is 1.72 bits per heavy atom. The van der Waals surface area contributed by atoms with Gasteiger partial charge in [0, 0.05) is 19.5 Å². The van der Waals surface area contributed by atoms with E-state index in [1.165, 1.54) is 26.4 Å². The van der Waals surface area contributed by atoms with Gasteiger partial charge in [-0.3, -0.25) is 33.6 Å². The number of aromatic amines is 1. The molecule has 0 fully saturated rings. The number of aliphatic hydroxyl groups excluding tert-OH is 2. The average Bonchev–Trinajstić information content (AvgIpc) is 3.44. The summed E-state index contributed by atoms with van der Waals surface area (Å²) in [6.45, 7) is 5.63. The Morgan fingerprint density at radius 2 is 1.26 bits per heavy atom. The summed E-state index contributed by atoms with van der Waals surface area (Å²) in [6.07, 6.45) is 2.75. The molecule has 0 saturated carbocycles. The number of aromatic nitrogens is 2. The molecule has 43 heavy (non-hydrogen) atoms. The third kappa shape index (κ3) is 12.0. The van der Waals surface area contributed by atoms with E-state index in [0.717, 1.165) is 6.92 Å². The number of hydrogen-bond donors (Lipinski definition) is 10. The number of carbonyl (C=O) groups is 7. The van der Waals surface area contributed by atoms with Crippen LogP contribution in [-0.4, -0.2) is 111 Å². The van der Waals surface area contributed by atoms with Gasteiger partial charge in [-0.1, -0.05) is 13.8 Å². The highest BCUT2D eigenvalue weighted by molar-refractivity contribution is 5.96. The zero-order chi connectivity index (χ0) is 32.9. The Bertz CT molecular complexity index is 1140. The van der Waals surface area contributed by atoms with Gasteiger partial charge < -0.3 is 52.8 Å². The number of primary amides is 1. The van der Waals surface area contributed by atoms with E-state index in [2.05, 4.69) is 41.9 Å². The average molecular weight is 612 g/mol. The van der Waals surface area contributed by atoms with Crippen LogP contribution < -0.4 is 37.6 Å². The minimum absolute atomic E-state index is 0.0997. The zero-order valence-electron chi connectivity index (χ0n) is 24.6. The van der Waals surface area contributed by atoms with Crippen LogP contribution in [0.15, 0.2) is 12.5 Å². The van der Waals surface area contributed by atoms with Gasteiger partial charge in [-0.2, -0.15) is 0 Å². The fourth-order valence-corrected chi connectivity index (χ4v) is 3.60. The molecule has 0 bridgehead atoms. The summed E-state index contributed by atoms with van der Waals surface area (Å²) in [5.41, 5.74) is 5.48. The second-order valence-electron chi connectivity index (χ2n) is 10.1. The van der Waals surface area contributed by atoms with Gasteiger partial charge in [-0.15, -0.1) is 0 Å². The highest BCUT2D eigenvalue weighted by atomic mass is 16.3. The van der Waals surface area contributed by atoms with Gasteiger partial charge in [0.25, 0.3) is 0 Å². The Kier molecular flexibility index (Phi) is 14.7. The molecule has 0 spiro atoms. The molecular formula is C25H41N9O9. The summed E-state index contributed by atoms with van der Waals surface area (Å²) in [4.78, 5) is 93.3. The van der Waals surface area contributed by atoms with E-state index in [9.17, 15) is 38.7 Å². The molecule has 11 N–H and O–H groups in total. The molecule has 6 atom stereocenters. The summed E-state index contributed by atoms with van der Waals surface area (Å²) in [5, 5.41) is 32.9. The minimum Gasteiger partial charge on any atom is -0.394 e. The van der Waals surface area contributed by atoms with Crippen LogP contribution in [-0.2, 0) is 40.0 Å². The molecule has 1 heterocycles. The van der Waals surface area contributed by atoms with Crippen LogP contribution in [0, 0.1) is 5.92 Å². The summed E-state index contributed by atoms with van der Waals surface area (Å²) in [7, 11) is 0. The van der Waals surface area contributed by atoms with Gasteiger partial charge >= 0.3 is 0 Å². The van der Waals surface area contributed by atoms with Crippen molar-refractivity contribution in [3.8, 4) is 0 Å². The molecule has 1 aromatic rings. The Balaban J connectivity index is 2.92. The first-order chi connectivity index (χ1) is 20.1. The lowest BCUT2D eigenvalue weighted by molar-refractivity contribution is -0.135. The van der Waals surface area contributed by atoms with Crippen molar-refractivity contribution in [2.45, 2.75) is 77.3 Å². The fraction of sp³-hybridized carbons (Fsp3) is 0.600. The molecule has 0 aliphatic heterocycles. The predicted octanol–water partition coefficient (Wildman–Crippen LogP) is -4.95. The number of nitrogens with one attached hydrogen (secondary N) is 7. The molecule has 18 nitrogen and oxygen atoms in total. The molecule has 240 valence electrons. The van der Waals surface area contributed by atoms with E-state index in [4.69, 9.17) is 10.8 Å². The predicted molar refractivity (Wildman–Crippen MR) is 149 cm³/mol. The summed E-state index contributed by atoms with van der Waals surface area (Å²) in [6, 6.07) is -7.45. The van der Waals surface area contributed by atoms with E-state index >= 15 is 0 Å². The normalized spacial score (nSPS) is 15.1. The number of amides is 7. The van der Waals surface area contributed by atoms with E-state index in [-0.39, 0.29) is 6.42 Å². The number of nitrogens with two attached hydrogens (primary N) is 1. The smallest absolute Gasteiger partial charge is 0.245 e. The SMILES string of the molecule is CC(=O)N[C@@H](CO)C(=O)N[C@@H](Cc1c[nH]cn1)C(=O)N[C@@H](C)C(=O)N[C@H](C(=O)N[C@@H](C)C(=O)N[C@@H](CO)C(N)=O)C(C)C. The highest BCUT2D eigenvalue weighted by Gasteiger charge is 2.32. The monoisotopic (exact) mass is 611 g/mol. The standard InChI is InChI=1S/C25H41N9O9/c1-11(2)19(25(43)30-12(3)21(39)33-17(8-35)20(26)38)34-22(40)13(4)29-23(41)16(6-15-7-27-10-28-15)32-24(42)18(9-36)31-14(5)37/h7,10-13,16-19,35-36H,6,8-9H2,1-5H3,(H2,26,38)(H,27,28)(H,29,41)(H,30,43)(H,31,37)(H,32,42)(H,33,39)(H,34,40)/t12-,13-,16-,17-,18-,19-/m0/s1. The third-order valence-electron chi connectivity index (χ3n) is 6.07. The van der Waals surface area contributed by atoms with Crippen LogP contribution in [0.3, 0.4) is 0 Å². The van der Waals surface area contributed by atoms with Crippen LogP contribution in [0.25, 0.3) is 0 Å². The molecule has 18 heteroatoms. The first kappa shape index (κ1) is 36.4. The lowest BCUT2D eigenvalue weighted by Gasteiger charge is -2.26. The maximum absolute atomic E-state index is 13.1. The van der Waals surface area contributed by atoms with Gasteiger partial charge in [0.1, 0.15) is 36.3 Å². The van der Waals surface area contributed by atoms with Gasteiger partial charge in [-0.05, 0) is 19.8 Å². The van der Waals surface area contributed by atoms with Crippen LogP contribution in [0.5, 0.6) is 0 Å². The van der Waals surface area contributed by atoms with Crippen LogP contribution in [0.2, 0.25) is 0 Å². The third-order valence-corrected chi connectivity index (χ3v) is 6.07. The Hall–Kier alpha value is -4.58. The van der Waals surface area contributed by atoms with E-state index in [0.29, 0.717) is 5.69 Å². The topological polar surface area (TPSA) is 287 Å². The maximum Gasteiger partial charge on any atom is 0.245 e. The second-order valence-corrected chi connectivity index (χ2v) is 10.1. The van der Waals surface area contributed by atoms with Crippen molar-refractivity contribution in [3.63, 3.8) is 0 Å². The Morgan fingerprint density at radius 1 is 0.744 bits per heavy atom. The van der Waals surface area contributed by atoms with Crippen molar-refractivity contribution in [2.75, 3.05) is 13.2 Å². The quantitative estimate of drug-likeness (QED) is 0.0800. The van der Waals surface area contributed by atoms with Crippen molar-refractivity contribution in [1.82, 2.24) is 41.9 Å². The lowest BCUT2D eigenvalue weighted by atomic mass is 10.0. The van der Waals surface area contributed by atoms with Gasteiger partial charge in [0.2, 0.25) is 41.4 Å². The Labute approximate surface area is 247 Å². The number of rotatable bonds is 17. The molecule has 0 aliphatic carbocycles. The number of aliphatic hydroxyl groups is 2. The van der Waals surface area contributed by atoms with E-state index in [1.54, 1.807) is 13.8 Å². The first-order valence-corrected chi connectivity index (χ1v) is 13.4. The van der Waals surface area contributed by atoms with Crippen LogP contribution in [0.1, 0.15) is 40.3 Å². The van der Waals surface area contributed by atoms with Crippen molar-refractivity contribution in [1.29, 1.82) is 0 Å². The van der Waals surface area contributed by atoms with Gasteiger partial charge in [0.05, 0.1) is 25.2 Å². The number of hydrogen-bond acceptors (Lipinski definition) is 10. The molecular weight excluding hydrogens is 570 g/mol. The number of imidazole rings is 1. The summed E-state index contributed by atoms with van der Waals surface area (Å²) in [5.74, 6) is -5.94. The second kappa shape index (κ2) is 17.4. The minimum atomic E-state index is -1.35. The van der Waals surface area contributed by atoms with Crippen molar-refractivity contribution in [2.24, 2.45) is 11.7 Å². The van der Waals surface area contributed by atoms with Crippen LogP contribution >= 0.6 is 0 Å². The van der Waals surface area contributed by atoms with E-state index < -0.39 is 96.7 Å². The molecule has 1 rings (SSSR count). The summed E-state index contributed by atoms with van der Waals surface area (Å²) < 4.78 is 0. The largest absolute Gasteiger partial charge is 0.394 e. The molecule has 0 aliphatic rings. The fourth-order valence-electron chi connectivity index (χ4n) is 3.60. The highest BCUT2D eigenvalue weighted by Crippen LogP contribution is 2.05. The van der Waals surface area contributed by atoms with Crippen molar-refractivity contribution >= 4 is 41.4 Å². The van der Waals surface area contributed by atoms with Gasteiger partial charge in [-0.25, -0.2) is 4.98 Å². The molecule has 0 unspecified atom stereocenters. The maximum atomic E-state index is 13.1. The van der Waals surface area contributed by atoms with Gasteiger partial charge in [0.15, 0.2) is 0 Å². The van der Waals surface area contributed by atoms with Crippen molar-refractivity contribution in [3.05, 3.63) is 18.2 Å². The summed E-state index contributed by atoms with van der Waals surface area (Å²) >= 11 is 0. The molecule has 0 saturated heterocycles. The van der Waals surface area contributed by atoms with Crippen LogP contribution in [0.4, 0.5) is 0 Å². The number of nitrogens with zero attached hydrogens (tertiary/aromatic N) is 1. The molecule has 0 radical (unpaired) electrons. The molecule has 1 aromatic heterocycles.